The maximum Gasteiger partial charge on any atom is 0.371 e. The topological polar surface area (TPSA) is 93.8 Å². The van der Waals surface area contributed by atoms with Gasteiger partial charge in [0, 0.05) is 6.26 Å². The third-order valence-corrected chi connectivity index (χ3v) is 3.60. The highest BCUT2D eigenvalue weighted by Gasteiger charge is 2.10. The Morgan fingerprint density at radius 2 is 2.05 bits per heavy atom. The number of aromatic carboxylic acids is 1. The van der Waals surface area contributed by atoms with Crippen LogP contribution in [0, 0.1) is 0 Å². The first-order chi connectivity index (χ1) is 9.36. The number of carboxylic acids is 1. The summed E-state index contributed by atoms with van der Waals surface area (Å²) in [6.45, 7) is 0.0144. The molecule has 2 aromatic rings. The highest BCUT2D eigenvalue weighted by Crippen LogP contribution is 2.19. The van der Waals surface area contributed by atoms with Gasteiger partial charge in [-0.1, -0.05) is 6.07 Å². The van der Waals surface area contributed by atoms with Gasteiger partial charge in [-0.15, -0.1) is 0 Å². The molecule has 0 amide bonds. The molecular formula is C13H12O6S. The van der Waals surface area contributed by atoms with Crippen LogP contribution in [-0.2, 0) is 16.4 Å². The molecule has 20 heavy (non-hydrogen) atoms. The average molecular weight is 296 g/mol. The van der Waals surface area contributed by atoms with Crippen molar-refractivity contribution < 1.29 is 27.5 Å². The lowest BCUT2D eigenvalue weighted by Crippen LogP contribution is -1.99. The Morgan fingerprint density at radius 3 is 2.65 bits per heavy atom. The smallest absolute Gasteiger partial charge is 0.371 e. The molecule has 0 radical (unpaired) electrons. The van der Waals surface area contributed by atoms with Crippen molar-refractivity contribution in [2.24, 2.45) is 0 Å². The minimum atomic E-state index is -3.30. The second kappa shape index (κ2) is 5.38. The van der Waals surface area contributed by atoms with Gasteiger partial charge in [0.25, 0.3) is 0 Å². The number of sulfone groups is 1. The Bertz CT molecular complexity index is 729. The van der Waals surface area contributed by atoms with Crippen LogP contribution >= 0.6 is 0 Å². The first kappa shape index (κ1) is 14.1. The van der Waals surface area contributed by atoms with Crippen LogP contribution in [0.15, 0.2) is 45.7 Å². The molecule has 0 fully saturated rings. The fourth-order valence-corrected chi connectivity index (χ4v) is 2.18. The fourth-order valence-electron chi connectivity index (χ4n) is 1.52. The van der Waals surface area contributed by atoms with E-state index in [9.17, 15) is 13.2 Å². The number of carboxylic acid groups (broad SMARTS) is 1. The lowest BCUT2D eigenvalue weighted by molar-refractivity contribution is 0.0658. The number of benzene rings is 1. The Kier molecular flexibility index (Phi) is 3.80. The van der Waals surface area contributed by atoms with Crippen molar-refractivity contribution in [1.29, 1.82) is 0 Å². The number of ether oxygens (including phenoxy) is 1. The van der Waals surface area contributed by atoms with Crippen LogP contribution in [-0.4, -0.2) is 25.7 Å². The van der Waals surface area contributed by atoms with Crippen LogP contribution in [0.25, 0.3) is 0 Å². The molecule has 0 aliphatic heterocycles. The number of hydrogen-bond acceptors (Lipinski definition) is 5. The van der Waals surface area contributed by atoms with Gasteiger partial charge in [-0.2, -0.15) is 0 Å². The monoisotopic (exact) mass is 296 g/mol. The summed E-state index contributed by atoms with van der Waals surface area (Å²) in [5.41, 5.74) is 0. The standard InChI is InChI=1S/C13H12O6S/c1-20(16,17)11-4-2-3-9(7-11)18-8-10-5-6-12(19-10)13(14)15/h2-7H,8H2,1H3,(H,14,15). The molecule has 1 N–H and O–H groups in total. The van der Waals surface area contributed by atoms with Gasteiger partial charge in [0.15, 0.2) is 9.84 Å². The minimum Gasteiger partial charge on any atom is -0.486 e. The molecule has 0 saturated heterocycles. The normalized spacial score (nSPS) is 11.2. The predicted octanol–water partition coefficient (Wildman–Crippen LogP) is 1.96. The lowest BCUT2D eigenvalue weighted by Gasteiger charge is -2.05. The van der Waals surface area contributed by atoms with E-state index < -0.39 is 15.8 Å². The molecule has 0 saturated carbocycles. The molecule has 6 nitrogen and oxygen atoms in total. The molecule has 0 spiro atoms. The van der Waals surface area contributed by atoms with Crippen molar-refractivity contribution in [1.82, 2.24) is 0 Å². The van der Waals surface area contributed by atoms with Crippen LogP contribution < -0.4 is 4.74 Å². The zero-order chi connectivity index (χ0) is 14.8. The van der Waals surface area contributed by atoms with Gasteiger partial charge in [0.2, 0.25) is 5.76 Å². The lowest BCUT2D eigenvalue weighted by atomic mass is 10.3. The van der Waals surface area contributed by atoms with Gasteiger partial charge >= 0.3 is 5.97 Å². The maximum atomic E-state index is 11.4. The zero-order valence-electron chi connectivity index (χ0n) is 10.6. The Morgan fingerprint density at radius 1 is 1.30 bits per heavy atom. The molecule has 7 heteroatoms. The van der Waals surface area contributed by atoms with Crippen molar-refractivity contribution in [2.75, 3.05) is 6.26 Å². The van der Waals surface area contributed by atoms with Crippen molar-refractivity contribution in [3.63, 3.8) is 0 Å². The van der Waals surface area contributed by atoms with Crippen LogP contribution in [0.3, 0.4) is 0 Å². The molecule has 106 valence electrons. The number of carbonyl (C=O) groups is 1. The maximum absolute atomic E-state index is 11.4. The SMILES string of the molecule is CS(=O)(=O)c1cccc(OCc2ccc(C(=O)O)o2)c1. The largest absolute Gasteiger partial charge is 0.486 e. The highest BCUT2D eigenvalue weighted by molar-refractivity contribution is 7.90. The van der Waals surface area contributed by atoms with E-state index in [0.29, 0.717) is 11.5 Å². The Labute approximate surface area is 115 Å². The molecule has 1 aromatic carbocycles. The van der Waals surface area contributed by atoms with E-state index in [-0.39, 0.29) is 17.3 Å². The van der Waals surface area contributed by atoms with Gasteiger partial charge in [0.05, 0.1) is 4.90 Å². The van der Waals surface area contributed by atoms with Crippen molar-refractivity contribution in [3.05, 3.63) is 47.9 Å². The average Bonchev–Trinajstić information content (AvgIpc) is 2.85. The Balaban J connectivity index is 2.09. The summed E-state index contributed by atoms with van der Waals surface area (Å²) in [7, 11) is -3.30. The van der Waals surface area contributed by atoms with E-state index in [1.54, 1.807) is 12.1 Å². The van der Waals surface area contributed by atoms with Crippen molar-refractivity contribution in [2.45, 2.75) is 11.5 Å². The highest BCUT2D eigenvalue weighted by atomic mass is 32.2. The van der Waals surface area contributed by atoms with E-state index in [4.69, 9.17) is 14.3 Å². The first-order valence-electron chi connectivity index (χ1n) is 5.61. The van der Waals surface area contributed by atoms with E-state index in [1.807, 2.05) is 0 Å². The van der Waals surface area contributed by atoms with Gasteiger partial charge in [-0.25, -0.2) is 13.2 Å². The summed E-state index contributed by atoms with van der Waals surface area (Å²) < 4.78 is 33.2. The van der Waals surface area contributed by atoms with Crippen LogP contribution in [0.2, 0.25) is 0 Å². The second-order valence-corrected chi connectivity index (χ2v) is 6.12. The molecule has 0 aliphatic rings. The van der Waals surface area contributed by atoms with Gasteiger partial charge in [-0.05, 0) is 30.3 Å². The zero-order valence-corrected chi connectivity index (χ0v) is 11.4. The summed E-state index contributed by atoms with van der Waals surface area (Å²) in [5, 5.41) is 8.71. The molecule has 0 atom stereocenters. The van der Waals surface area contributed by atoms with Crippen molar-refractivity contribution >= 4 is 15.8 Å². The van der Waals surface area contributed by atoms with E-state index in [0.717, 1.165) is 6.26 Å². The van der Waals surface area contributed by atoms with E-state index in [1.165, 1.54) is 24.3 Å². The molecule has 1 heterocycles. The number of rotatable bonds is 5. The molecular weight excluding hydrogens is 284 g/mol. The van der Waals surface area contributed by atoms with Crippen LogP contribution in [0.4, 0.5) is 0 Å². The molecule has 0 bridgehead atoms. The molecule has 0 unspecified atom stereocenters. The fraction of sp³-hybridized carbons (Fsp3) is 0.154. The summed E-state index contributed by atoms with van der Waals surface area (Å²) in [4.78, 5) is 10.8. The summed E-state index contributed by atoms with van der Waals surface area (Å²) in [5.74, 6) is -0.628. The minimum absolute atomic E-state index is 0.0144. The Hall–Kier alpha value is -2.28. The van der Waals surface area contributed by atoms with Gasteiger partial charge < -0.3 is 14.3 Å². The molecule has 2 rings (SSSR count). The van der Waals surface area contributed by atoms with Crippen molar-refractivity contribution in [3.8, 4) is 5.75 Å². The number of furan rings is 1. The summed E-state index contributed by atoms with van der Waals surface area (Å²) in [6.07, 6.45) is 1.11. The second-order valence-electron chi connectivity index (χ2n) is 4.11. The van der Waals surface area contributed by atoms with Gasteiger partial charge in [0.1, 0.15) is 18.1 Å². The van der Waals surface area contributed by atoms with Gasteiger partial charge in [-0.3, -0.25) is 0 Å². The number of hydrogen-bond donors (Lipinski definition) is 1. The molecule has 1 aromatic heterocycles. The van der Waals surface area contributed by atoms with E-state index >= 15 is 0 Å². The molecule has 0 aliphatic carbocycles. The summed E-state index contributed by atoms with van der Waals surface area (Å²) >= 11 is 0. The van der Waals surface area contributed by atoms with E-state index in [2.05, 4.69) is 0 Å². The summed E-state index contributed by atoms with van der Waals surface area (Å²) in [6, 6.07) is 8.86. The first-order valence-corrected chi connectivity index (χ1v) is 7.50. The third-order valence-electron chi connectivity index (χ3n) is 2.49. The van der Waals surface area contributed by atoms with Crippen LogP contribution in [0.5, 0.6) is 5.75 Å². The predicted molar refractivity (Wildman–Crippen MR) is 69.6 cm³/mol. The third kappa shape index (κ3) is 3.39. The quantitative estimate of drug-likeness (QED) is 0.906. The van der Waals surface area contributed by atoms with Crippen LogP contribution in [0.1, 0.15) is 16.3 Å².